The van der Waals surface area contributed by atoms with Gasteiger partial charge in [-0.05, 0) is 0 Å². The Labute approximate surface area is 235 Å². The monoisotopic (exact) mass is 686 g/mol. The number of rotatable bonds is 4. The molecule has 0 bridgehead atoms. The summed E-state index contributed by atoms with van der Waals surface area (Å²) in [6.45, 7) is 0. The molecule has 0 amide bonds. The molecule has 2 aromatic rings. The molecule has 0 nitrogen and oxygen atoms in total. The molecule has 1 saturated heterocycles. The largest absolute Gasteiger partial charge is 1.00 e. The van der Waals surface area contributed by atoms with Crippen LogP contribution in [0.4, 0.5) is 0 Å². The van der Waals surface area contributed by atoms with Gasteiger partial charge >= 0.3 is 212 Å². The van der Waals surface area contributed by atoms with Crippen molar-refractivity contribution in [3.63, 3.8) is 0 Å². The maximum atomic E-state index is 2.72. The molecule has 2 unspecified atom stereocenters. The summed E-state index contributed by atoms with van der Waals surface area (Å²) in [6, 6.07) is 19.3. The molecule has 1 aliphatic heterocycles. The zero-order chi connectivity index (χ0) is 22.5. The first-order valence-corrected chi connectivity index (χ1v) is 23.7. The summed E-state index contributed by atoms with van der Waals surface area (Å²) in [5.74, 6) is 1.73. The van der Waals surface area contributed by atoms with Gasteiger partial charge in [-0.1, -0.05) is 0 Å². The quantitative estimate of drug-likeness (QED) is 0.430. The summed E-state index contributed by atoms with van der Waals surface area (Å²) in [6.07, 6.45) is 21.5. The van der Waals surface area contributed by atoms with Crippen LogP contribution in [-0.2, 0) is 20.0 Å². The van der Waals surface area contributed by atoms with E-state index in [1.54, 1.807) is 30.6 Å². The van der Waals surface area contributed by atoms with Crippen LogP contribution < -0.4 is 24.8 Å². The molecule has 1 heterocycles. The van der Waals surface area contributed by atoms with Crippen molar-refractivity contribution in [2.24, 2.45) is 11.8 Å². The van der Waals surface area contributed by atoms with Gasteiger partial charge in [0.1, 0.15) is 0 Å². The zero-order valence-electron chi connectivity index (χ0n) is 21.5. The minimum absolute atomic E-state index is 0. The van der Waals surface area contributed by atoms with Gasteiger partial charge in [0.25, 0.3) is 0 Å². The van der Waals surface area contributed by atoms with Crippen LogP contribution in [0.3, 0.4) is 0 Å². The van der Waals surface area contributed by atoms with Crippen LogP contribution in [0.1, 0.15) is 100 Å². The second kappa shape index (κ2) is 11.2. The predicted molar refractivity (Wildman–Crippen MR) is 142 cm³/mol. The number of halogens is 2. The van der Waals surface area contributed by atoms with E-state index < -0.39 is 20.0 Å². The molecule has 5 aliphatic rings. The summed E-state index contributed by atoms with van der Waals surface area (Å²) in [7, 11) is 0. The van der Waals surface area contributed by atoms with Crippen LogP contribution in [-0.4, -0.2) is 0 Å². The molecular formula is C33H40Cl2Hf. The molecule has 7 rings (SSSR count). The molecule has 36 heavy (non-hydrogen) atoms. The Hall–Kier alpha value is -0.630. The second-order valence-electron chi connectivity index (χ2n) is 12.2. The van der Waals surface area contributed by atoms with E-state index in [1.807, 2.05) is 11.1 Å². The zero-order valence-corrected chi connectivity index (χ0v) is 26.6. The van der Waals surface area contributed by atoms with E-state index in [0.717, 1.165) is 19.2 Å². The molecule has 4 aliphatic carbocycles. The molecule has 190 valence electrons. The van der Waals surface area contributed by atoms with Crippen molar-refractivity contribution in [1.29, 1.82) is 0 Å². The molecule has 2 atom stereocenters. The van der Waals surface area contributed by atoms with Crippen molar-refractivity contribution in [2.75, 3.05) is 0 Å². The molecule has 0 radical (unpaired) electrons. The Morgan fingerprint density at radius 1 is 0.500 bits per heavy atom. The fourth-order valence-electron chi connectivity index (χ4n) is 8.89. The molecule has 0 aromatic heterocycles. The fourth-order valence-corrected chi connectivity index (χ4v) is 31.8. The maximum absolute atomic E-state index is 2.80. The Kier molecular flexibility index (Phi) is 8.41. The molecule has 2 aromatic carbocycles. The summed E-state index contributed by atoms with van der Waals surface area (Å²) in [5, 5.41) is 0. The van der Waals surface area contributed by atoms with E-state index in [-0.39, 0.29) is 24.8 Å². The van der Waals surface area contributed by atoms with Crippen molar-refractivity contribution >= 4 is 12.2 Å². The van der Waals surface area contributed by atoms with Crippen molar-refractivity contribution in [2.45, 2.75) is 86.3 Å². The molecule has 0 N–H and O–H groups in total. The van der Waals surface area contributed by atoms with Crippen LogP contribution in [0.5, 0.6) is 0 Å². The normalized spacial score (nSPS) is 26.1. The van der Waals surface area contributed by atoms with Crippen LogP contribution in [0.25, 0.3) is 12.2 Å². The minimum Gasteiger partial charge on any atom is -1.00 e. The first-order valence-electron chi connectivity index (χ1n) is 14.5. The number of hydrogen-bond donors (Lipinski definition) is 0. The average molecular weight is 686 g/mol. The standard InChI is InChI=1S/2C15H17.C3H6.2ClH.Hf/c2*1-2-6-12(7-3-1)15-10-13-8-4-5-9-14(13)11-15;1-3-2;;;/h2*4-5,8-12H,1-3,6-7H2;1-3H2;2*1H;/q;;;;;+2/p-2. The van der Waals surface area contributed by atoms with Gasteiger partial charge in [-0.2, -0.15) is 0 Å². The number of benzene rings is 2. The van der Waals surface area contributed by atoms with E-state index in [4.69, 9.17) is 0 Å². The minimum atomic E-state index is -2.80. The van der Waals surface area contributed by atoms with Gasteiger partial charge in [-0.15, -0.1) is 0 Å². The Bertz CT molecular complexity index is 1050. The SMILES string of the molecule is C1=C(C2CCCCC2)[CH]([Hf+2]2([CH]3C(C4CCCCC4)=Cc4ccccc43)[CH2]C[CH2]2)c2ccccc21.[Cl-].[Cl-]. The molecule has 3 heteroatoms. The summed E-state index contributed by atoms with van der Waals surface area (Å²) < 4.78 is 4.95. The van der Waals surface area contributed by atoms with Gasteiger partial charge in [0.05, 0.1) is 0 Å². The third-order valence-corrected chi connectivity index (χ3v) is 32.6. The maximum Gasteiger partial charge on any atom is -1.00 e. The molecular weight excluding hydrogens is 646 g/mol. The van der Waals surface area contributed by atoms with Crippen LogP contribution >= 0.6 is 0 Å². The number of hydrogen-bond acceptors (Lipinski definition) is 0. The Balaban J connectivity index is 0.00000133. The summed E-state index contributed by atoms with van der Waals surface area (Å²) in [4.78, 5) is 0. The van der Waals surface area contributed by atoms with E-state index in [2.05, 4.69) is 60.7 Å². The van der Waals surface area contributed by atoms with Gasteiger partial charge in [-0.25, -0.2) is 0 Å². The van der Waals surface area contributed by atoms with Crippen molar-refractivity contribution in [3.8, 4) is 0 Å². The Morgan fingerprint density at radius 3 is 1.31 bits per heavy atom. The summed E-state index contributed by atoms with van der Waals surface area (Å²) in [5.41, 5.74) is 10.6. The fraction of sp³-hybridized carbons (Fsp3) is 0.515. The van der Waals surface area contributed by atoms with Crippen molar-refractivity contribution in [1.82, 2.24) is 0 Å². The number of fused-ring (bicyclic) bond motifs is 2. The van der Waals surface area contributed by atoms with E-state index >= 15 is 0 Å². The number of allylic oxidation sites excluding steroid dienone is 2. The van der Waals surface area contributed by atoms with Gasteiger partial charge in [0, 0.05) is 0 Å². The molecule has 3 fully saturated rings. The molecule has 0 spiro atoms. The second-order valence-corrected chi connectivity index (χ2v) is 28.8. The first-order chi connectivity index (χ1) is 16.9. The van der Waals surface area contributed by atoms with Crippen LogP contribution in [0.15, 0.2) is 59.7 Å². The van der Waals surface area contributed by atoms with E-state index in [9.17, 15) is 0 Å². The Morgan fingerprint density at radius 2 is 0.917 bits per heavy atom. The van der Waals surface area contributed by atoms with Crippen molar-refractivity contribution < 1.29 is 44.8 Å². The third kappa shape index (κ3) is 4.38. The van der Waals surface area contributed by atoms with Crippen LogP contribution in [0.2, 0.25) is 8.35 Å². The van der Waals surface area contributed by atoms with Gasteiger partial charge < -0.3 is 24.8 Å². The van der Waals surface area contributed by atoms with Gasteiger partial charge in [0.15, 0.2) is 0 Å². The van der Waals surface area contributed by atoms with Crippen LogP contribution in [0, 0.1) is 11.8 Å². The third-order valence-electron chi connectivity index (χ3n) is 10.5. The topological polar surface area (TPSA) is 0 Å². The van der Waals surface area contributed by atoms with Crippen molar-refractivity contribution in [3.05, 3.63) is 81.9 Å². The average Bonchev–Trinajstić information content (AvgIpc) is 3.45. The first kappa shape index (κ1) is 27.0. The molecule has 2 saturated carbocycles. The van der Waals surface area contributed by atoms with E-state index in [0.29, 0.717) is 0 Å². The van der Waals surface area contributed by atoms with E-state index in [1.165, 1.54) is 70.6 Å². The summed E-state index contributed by atoms with van der Waals surface area (Å²) >= 11 is -2.80. The van der Waals surface area contributed by atoms with Gasteiger partial charge in [0.2, 0.25) is 0 Å². The van der Waals surface area contributed by atoms with Gasteiger partial charge in [-0.3, -0.25) is 0 Å². The predicted octanol–water partition coefficient (Wildman–Crippen LogP) is 3.83. The smallest absolute Gasteiger partial charge is 1.00 e.